The molecule has 1 amide bonds. The van der Waals surface area contributed by atoms with E-state index in [9.17, 15) is 17.6 Å². The molecule has 0 bridgehead atoms. The summed E-state index contributed by atoms with van der Waals surface area (Å²) in [6.45, 7) is 2.20. The van der Waals surface area contributed by atoms with Crippen LogP contribution in [0.5, 0.6) is 5.75 Å². The van der Waals surface area contributed by atoms with E-state index in [-0.39, 0.29) is 10.8 Å². The summed E-state index contributed by atoms with van der Waals surface area (Å²) in [7, 11) is -3.81. The molecule has 29 heavy (non-hydrogen) atoms. The third kappa shape index (κ3) is 5.83. The van der Waals surface area contributed by atoms with E-state index < -0.39 is 27.3 Å². The first-order valence-electron chi connectivity index (χ1n) is 9.17. The molecule has 0 radical (unpaired) electrons. The van der Waals surface area contributed by atoms with Gasteiger partial charge in [-0.1, -0.05) is 29.8 Å². The number of para-hydroxylation sites is 1. The zero-order valence-corrected chi connectivity index (χ0v) is 17.5. The van der Waals surface area contributed by atoms with E-state index in [4.69, 9.17) is 16.3 Å². The fraction of sp³-hybridized carbons (Fsp3) is 0.350. The van der Waals surface area contributed by atoms with Crippen LogP contribution in [0, 0.1) is 11.7 Å². The number of ether oxygens (including phenoxy) is 1. The molecule has 2 aromatic rings. The van der Waals surface area contributed by atoms with Crippen molar-refractivity contribution in [2.45, 2.75) is 12.8 Å². The Balaban J connectivity index is 1.57. The number of halogens is 2. The number of hydrogen-bond donors (Lipinski definition) is 1. The van der Waals surface area contributed by atoms with Crippen LogP contribution in [-0.2, 0) is 10.0 Å². The number of carbonyl (C=O) groups is 1. The van der Waals surface area contributed by atoms with Crippen LogP contribution in [-0.4, -0.2) is 40.3 Å². The number of carbonyl (C=O) groups excluding carboxylic acids is 1. The van der Waals surface area contributed by atoms with Crippen LogP contribution >= 0.6 is 11.6 Å². The SMILES string of the molecule is CS(=O)(=O)NC(=O)c1cc(Cl)c(OCC2CCN(c3ccccc3)CC2)cc1F. The molecule has 0 unspecified atom stereocenters. The van der Waals surface area contributed by atoms with Crippen molar-refractivity contribution >= 4 is 33.2 Å². The number of hydrogen-bond acceptors (Lipinski definition) is 5. The van der Waals surface area contributed by atoms with Gasteiger partial charge in [-0.2, -0.15) is 0 Å². The molecule has 1 heterocycles. The van der Waals surface area contributed by atoms with Crippen molar-refractivity contribution in [2.75, 3.05) is 30.9 Å². The molecule has 1 N–H and O–H groups in total. The van der Waals surface area contributed by atoms with E-state index in [1.165, 1.54) is 5.69 Å². The number of piperidine rings is 1. The first-order valence-corrected chi connectivity index (χ1v) is 11.4. The predicted octanol–water partition coefficient (Wildman–Crippen LogP) is 3.46. The number of anilines is 1. The topological polar surface area (TPSA) is 75.7 Å². The van der Waals surface area contributed by atoms with E-state index >= 15 is 0 Å². The Morgan fingerprint density at radius 3 is 2.52 bits per heavy atom. The molecule has 0 aromatic heterocycles. The first kappa shape index (κ1) is 21.4. The number of amides is 1. The first-order chi connectivity index (χ1) is 13.7. The van der Waals surface area contributed by atoms with Crippen molar-refractivity contribution in [2.24, 2.45) is 5.92 Å². The summed E-state index contributed by atoms with van der Waals surface area (Å²) in [5.74, 6) is -1.54. The molecule has 6 nitrogen and oxygen atoms in total. The summed E-state index contributed by atoms with van der Waals surface area (Å²) < 4.78 is 44.0. The van der Waals surface area contributed by atoms with Crippen LogP contribution in [0.25, 0.3) is 0 Å². The Morgan fingerprint density at radius 1 is 1.24 bits per heavy atom. The van der Waals surface area contributed by atoms with Crippen molar-refractivity contribution in [1.29, 1.82) is 0 Å². The van der Waals surface area contributed by atoms with E-state index in [1.54, 1.807) is 4.72 Å². The van der Waals surface area contributed by atoms with Crippen molar-refractivity contribution < 1.29 is 22.3 Å². The summed E-state index contributed by atoms with van der Waals surface area (Å²) in [6.07, 6.45) is 2.68. The van der Waals surface area contributed by atoms with Crippen LogP contribution in [0.2, 0.25) is 5.02 Å². The van der Waals surface area contributed by atoms with Gasteiger partial charge < -0.3 is 9.64 Å². The Labute approximate surface area is 174 Å². The van der Waals surface area contributed by atoms with Gasteiger partial charge in [0, 0.05) is 24.8 Å². The van der Waals surface area contributed by atoms with Crippen molar-refractivity contribution in [3.8, 4) is 5.75 Å². The standard InChI is InChI=1S/C20H22ClFN2O4S/c1-29(26,27)23-20(25)16-11-17(21)19(12-18(16)22)28-13-14-7-9-24(10-8-14)15-5-3-2-4-6-15/h2-6,11-12,14H,7-10,13H2,1H3,(H,23,25). The zero-order chi connectivity index (χ0) is 21.0. The van der Waals surface area contributed by atoms with Gasteiger partial charge in [-0.25, -0.2) is 17.5 Å². The van der Waals surface area contributed by atoms with E-state index in [1.807, 2.05) is 18.2 Å². The molecule has 0 aliphatic carbocycles. The molecule has 3 rings (SSSR count). The normalized spacial score (nSPS) is 15.2. The Morgan fingerprint density at radius 2 is 1.90 bits per heavy atom. The quantitative estimate of drug-likeness (QED) is 0.744. The van der Waals surface area contributed by atoms with Crippen molar-refractivity contribution in [3.63, 3.8) is 0 Å². The van der Waals surface area contributed by atoms with Gasteiger partial charge in [0.1, 0.15) is 11.6 Å². The number of rotatable bonds is 6. The van der Waals surface area contributed by atoms with Crippen LogP contribution in [0.15, 0.2) is 42.5 Å². The van der Waals surface area contributed by atoms with E-state index in [0.717, 1.165) is 44.3 Å². The van der Waals surface area contributed by atoms with Crippen LogP contribution in [0.4, 0.5) is 10.1 Å². The van der Waals surface area contributed by atoms with E-state index in [0.29, 0.717) is 12.5 Å². The van der Waals surface area contributed by atoms with Crippen LogP contribution in [0.3, 0.4) is 0 Å². The summed E-state index contributed by atoms with van der Waals surface area (Å²) >= 11 is 6.11. The minimum absolute atomic E-state index is 0.0479. The smallest absolute Gasteiger partial charge is 0.267 e. The number of sulfonamides is 1. The molecule has 1 saturated heterocycles. The predicted molar refractivity (Wildman–Crippen MR) is 111 cm³/mol. The molecule has 0 spiro atoms. The van der Waals surface area contributed by atoms with Gasteiger partial charge in [-0.05, 0) is 37.0 Å². The summed E-state index contributed by atoms with van der Waals surface area (Å²) in [4.78, 5) is 14.2. The number of nitrogens with zero attached hydrogens (tertiary/aromatic N) is 1. The third-order valence-electron chi connectivity index (χ3n) is 4.75. The van der Waals surface area contributed by atoms with Crippen molar-refractivity contribution in [3.05, 3.63) is 58.9 Å². The van der Waals surface area contributed by atoms with E-state index in [2.05, 4.69) is 17.0 Å². The molecule has 0 saturated carbocycles. The fourth-order valence-corrected chi connectivity index (χ4v) is 3.91. The largest absolute Gasteiger partial charge is 0.492 e. The molecule has 2 aromatic carbocycles. The molecule has 1 aliphatic rings. The minimum atomic E-state index is -3.81. The number of nitrogens with one attached hydrogen (secondary N) is 1. The molecular weight excluding hydrogens is 419 g/mol. The van der Waals surface area contributed by atoms with Crippen LogP contribution < -0.4 is 14.4 Å². The average molecular weight is 441 g/mol. The molecule has 1 aliphatic heterocycles. The zero-order valence-electron chi connectivity index (χ0n) is 15.9. The lowest BCUT2D eigenvalue weighted by molar-refractivity contribution is 0.0977. The highest BCUT2D eigenvalue weighted by Crippen LogP contribution is 2.30. The maximum Gasteiger partial charge on any atom is 0.267 e. The van der Waals surface area contributed by atoms with Crippen LogP contribution in [0.1, 0.15) is 23.2 Å². The Kier molecular flexibility index (Phi) is 6.64. The van der Waals surface area contributed by atoms with Gasteiger partial charge in [-0.3, -0.25) is 4.79 Å². The second-order valence-corrected chi connectivity index (χ2v) is 9.20. The number of benzene rings is 2. The van der Waals surface area contributed by atoms with Gasteiger partial charge in [-0.15, -0.1) is 0 Å². The second kappa shape index (κ2) is 9.00. The maximum absolute atomic E-state index is 14.3. The minimum Gasteiger partial charge on any atom is -0.492 e. The summed E-state index contributed by atoms with van der Waals surface area (Å²) in [5.41, 5.74) is 0.740. The summed E-state index contributed by atoms with van der Waals surface area (Å²) in [6, 6.07) is 12.3. The molecule has 156 valence electrons. The fourth-order valence-electron chi connectivity index (χ4n) is 3.24. The summed E-state index contributed by atoms with van der Waals surface area (Å²) in [5, 5.41) is 0.0479. The molecule has 9 heteroatoms. The lowest BCUT2D eigenvalue weighted by Crippen LogP contribution is -2.35. The lowest BCUT2D eigenvalue weighted by atomic mass is 9.97. The molecule has 1 fully saturated rings. The molecular formula is C20H22ClFN2O4S. The molecule has 0 atom stereocenters. The maximum atomic E-state index is 14.3. The second-order valence-electron chi connectivity index (χ2n) is 7.04. The Bertz CT molecular complexity index is 977. The lowest BCUT2D eigenvalue weighted by Gasteiger charge is -2.33. The van der Waals surface area contributed by atoms with Gasteiger partial charge in [0.2, 0.25) is 10.0 Å². The average Bonchev–Trinajstić information content (AvgIpc) is 2.68. The van der Waals surface area contributed by atoms with Gasteiger partial charge >= 0.3 is 0 Å². The Hall–Kier alpha value is -2.32. The highest BCUT2D eigenvalue weighted by atomic mass is 35.5. The van der Waals surface area contributed by atoms with Crippen molar-refractivity contribution in [1.82, 2.24) is 4.72 Å². The van der Waals surface area contributed by atoms with Gasteiger partial charge in [0.15, 0.2) is 0 Å². The van der Waals surface area contributed by atoms with Gasteiger partial charge in [0.25, 0.3) is 5.91 Å². The third-order valence-corrected chi connectivity index (χ3v) is 5.61. The monoisotopic (exact) mass is 440 g/mol. The highest BCUT2D eigenvalue weighted by molar-refractivity contribution is 7.89. The van der Waals surface area contributed by atoms with Gasteiger partial charge in [0.05, 0.1) is 23.4 Å². The highest BCUT2D eigenvalue weighted by Gasteiger charge is 2.22.